The molecule has 1 unspecified atom stereocenters. The summed E-state index contributed by atoms with van der Waals surface area (Å²) < 4.78 is 67.7. The number of hydrogen-bond acceptors (Lipinski definition) is 3. The second-order valence-electron chi connectivity index (χ2n) is 6.12. The van der Waals surface area contributed by atoms with Crippen molar-refractivity contribution in [2.45, 2.75) is 25.8 Å². The van der Waals surface area contributed by atoms with E-state index in [1.54, 1.807) is 0 Å². The van der Waals surface area contributed by atoms with Gasteiger partial charge in [0, 0.05) is 13.1 Å². The zero-order chi connectivity index (χ0) is 20.4. The Hall–Kier alpha value is -2.59. The Morgan fingerprint density at radius 3 is 2.48 bits per heavy atom. The molecule has 1 aromatic rings. The van der Waals surface area contributed by atoms with Crippen molar-refractivity contribution in [2.24, 2.45) is 11.8 Å². The van der Waals surface area contributed by atoms with Crippen LogP contribution in [0.2, 0.25) is 0 Å². The minimum Gasteiger partial charge on any atom is -0.481 e. The SMILES string of the molecule is CC(NC(=O)N1C[C@@H](C(F)(F)F)[C@H](C(=O)O)C1)c1cccc(OC(F)F)c1. The first-order chi connectivity index (χ1) is 12.5. The maximum atomic E-state index is 13.0. The maximum absolute atomic E-state index is 13.0. The number of carboxylic acids is 1. The molecule has 1 aliphatic heterocycles. The molecule has 150 valence electrons. The number of aliphatic carboxylic acids is 1. The average molecular weight is 396 g/mol. The molecule has 1 aliphatic rings. The lowest BCUT2D eigenvalue weighted by Crippen LogP contribution is -2.40. The van der Waals surface area contributed by atoms with E-state index in [0.29, 0.717) is 5.56 Å². The van der Waals surface area contributed by atoms with Crippen LogP contribution in [0.3, 0.4) is 0 Å². The predicted octanol–water partition coefficient (Wildman–Crippen LogP) is 3.25. The number of rotatable bonds is 5. The van der Waals surface area contributed by atoms with Crippen molar-refractivity contribution < 1.29 is 41.4 Å². The molecule has 0 bridgehead atoms. The van der Waals surface area contributed by atoms with Crippen molar-refractivity contribution in [1.82, 2.24) is 10.2 Å². The van der Waals surface area contributed by atoms with Crippen LogP contribution in [0.25, 0.3) is 0 Å². The van der Waals surface area contributed by atoms with Crippen LogP contribution in [-0.4, -0.2) is 47.9 Å². The summed E-state index contributed by atoms with van der Waals surface area (Å²) in [6, 6.07) is 3.89. The van der Waals surface area contributed by atoms with Crippen molar-refractivity contribution in [3.05, 3.63) is 29.8 Å². The van der Waals surface area contributed by atoms with Crippen LogP contribution in [0, 0.1) is 11.8 Å². The van der Waals surface area contributed by atoms with Crippen LogP contribution in [-0.2, 0) is 4.79 Å². The van der Waals surface area contributed by atoms with E-state index < -0.39 is 55.8 Å². The minimum absolute atomic E-state index is 0.132. The number of benzene rings is 1. The fourth-order valence-electron chi connectivity index (χ4n) is 2.87. The van der Waals surface area contributed by atoms with Crippen LogP contribution >= 0.6 is 0 Å². The maximum Gasteiger partial charge on any atom is 0.394 e. The number of likely N-dealkylation sites (tertiary alicyclic amines) is 1. The number of nitrogens with one attached hydrogen (secondary N) is 1. The number of carboxylic acid groups (broad SMARTS) is 1. The molecule has 1 aromatic carbocycles. The van der Waals surface area contributed by atoms with Crippen LogP contribution < -0.4 is 10.1 Å². The molecule has 1 fully saturated rings. The van der Waals surface area contributed by atoms with Gasteiger partial charge in [0.15, 0.2) is 0 Å². The lowest BCUT2D eigenvalue weighted by Gasteiger charge is -2.22. The number of nitrogens with zero attached hydrogens (tertiary/aromatic N) is 1. The van der Waals surface area contributed by atoms with Crippen LogP contribution in [0.4, 0.5) is 26.7 Å². The quantitative estimate of drug-likeness (QED) is 0.749. The molecule has 0 saturated carbocycles. The van der Waals surface area contributed by atoms with Crippen molar-refractivity contribution in [3.63, 3.8) is 0 Å². The molecule has 3 atom stereocenters. The monoisotopic (exact) mass is 396 g/mol. The van der Waals surface area contributed by atoms with E-state index in [9.17, 15) is 31.5 Å². The van der Waals surface area contributed by atoms with Crippen molar-refractivity contribution in [1.29, 1.82) is 0 Å². The standard InChI is InChI=1S/C16H17F5N2O4/c1-8(9-3-2-4-10(5-9)27-14(17)18)22-15(26)23-6-11(13(24)25)12(7-23)16(19,20)21/h2-5,8,11-12,14H,6-7H2,1H3,(H,22,26)(H,24,25)/t8?,11-,12-/m1/s1. The van der Waals surface area contributed by atoms with E-state index in [0.717, 1.165) is 4.90 Å². The molecule has 0 spiro atoms. The Labute approximate surface area is 150 Å². The summed E-state index contributed by atoms with van der Waals surface area (Å²) in [5, 5.41) is 11.4. The number of urea groups is 1. The topological polar surface area (TPSA) is 78.9 Å². The van der Waals surface area contributed by atoms with Gasteiger partial charge in [-0.2, -0.15) is 22.0 Å². The van der Waals surface area contributed by atoms with Crippen LogP contribution in [0.1, 0.15) is 18.5 Å². The van der Waals surface area contributed by atoms with Gasteiger partial charge in [-0.3, -0.25) is 4.79 Å². The molecule has 1 heterocycles. The summed E-state index contributed by atoms with van der Waals surface area (Å²) in [4.78, 5) is 24.1. The first kappa shape index (κ1) is 20.7. The fraction of sp³-hybridized carbons (Fsp3) is 0.500. The number of amides is 2. The summed E-state index contributed by atoms with van der Waals surface area (Å²) in [7, 11) is 0. The van der Waals surface area contributed by atoms with Crippen molar-refractivity contribution in [3.8, 4) is 5.75 Å². The lowest BCUT2D eigenvalue weighted by molar-refractivity contribution is -0.187. The number of alkyl halides is 5. The second-order valence-corrected chi connectivity index (χ2v) is 6.12. The van der Waals surface area contributed by atoms with Crippen molar-refractivity contribution in [2.75, 3.05) is 13.1 Å². The summed E-state index contributed by atoms with van der Waals surface area (Å²) >= 11 is 0. The Balaban J connectivity index is 2.05. The van der Waals surface area contributed by atoms with Gasteiger partial charge in [0.25, 0.3) is 0 Å². The Kier molecular flexibility index (Phi) is 6.11. The van der Waals surface area contributed by atoms with Gasteiger partial charge >= 0.3 is 24.8 Å². The minimum atomic E-state index is -4.75. The van der Waals surface area contributed by atoms with Gasteiger partial charge in [-0.25, -0.2) is 4.79 Å². The van der Waals surface area contributed by atoms with Gasteiger partial charge in [0.2, 0.25) is 0 Å². The van der Waals surface area contributed by atoms with Crippen LogP contribution in [0.5, 0.6) is 5.75 Å². The molecule has 0 aromatic heterocycles. The van der Waals surface area contributed by atoms with Gasteiger partial charge < -0.3 is 20.1 Å². The van der Waals surface area contributed by atoms with Crippen molar-refractivity contribution >= 4 is 12.0 Å². The second kappa shape index (κ2) is 7.97. The van der Waals surface area contributed by atoms with Crippen LogP contribution in [0.15, 0.2) is 24.3 Å². The average Bonchev–Trinajstić information content (AvgIpc) is 3.00. The van der Waals surface area contributed by atoms with Gasteiger partial charge in [-0.1, -0.05) is 12.1 Å². The van der Waals surface area contributed by atoms with E-state index in [2.05, 4.69) is 10.1 Å². The first-order valence-electron chi connectivity index (χ1n) is 7.88. The molecule has 0 aliphatic carbocycles. The smallest absolute Gasteiger partial charge is 0.394 e. The van der Waals surface area contributed by atoms with E-state index in [1.807, 2.05) is 0 Å². The third-order valence-corrected chi connectivity index (χ3v) is 4.27. The Morgan fingerprint density at radius 2 is 1.96 bits per heavy atom. The predicted molar refractivity (Wildman–Crippen MR) is 82.3 cm³/mol. The highest BCUT2D eigenvalue weighted by Gasteiger charge is 2.53. The van der Waals surface area contributed by atoms with E-state index in [4.69, 9.17) is 5.11 Å². The van der Waals surface area contributed by atoms with Gasteiger partial charge in [-0.05, 0) is 24.6 Å². The molecule has 1 saturated heterocycles. The third kappa shape index (κ3) is 5.20. The largest absolute Gasteiger partial charge is 0.481 e. The highest BCUT2D eigenvalue weighted by molar-refractivity contribution is 5.78. The molecule has 6 nitrogen and oxygen atoms in total. The molecule has 2 N–H and O–H groups in total. The zero-order valence-electron chi connectivity index (χ0n) is 14.0. The lowest BCUT2D eigenvalue weighted by atomic mass is 9.96. The Bertz CT molecular complexity index is 698. The summed E-state index contributed by atoms with van der Waals surface area (Å²) in [6.45, 7) is -2.87. The van der Waals surface area contributed by atoms with E-state index in [-0.39, 0.29) is 5.75 Å². The van der Waals surface area contributed by atoms with Gasteiger partial charge in [0.05, 0.1) is 17.9 Å². The van der Waals surface area contributed by atoms with Gasteiger partial charge in [0.1, 0.15) is 5.75 Å². The molecule has 0 radical (unpaired) electrons. The fourth-order valence-corrected chi connectivity index (χ4v) is 2.87. The summed E-state index contributed by atoms with van der Waals surface area (Å²) in [5.41, 5.74) is 0.392. The molecule has 11 heteroatoms. The number of halogens is 5. The van der Waals surface area contributed by atoms with E-state index in [1.165, 1.54) is 31.2 Å². The molecular weight excluding hydrogens is 379 g/mol. The number of hydrogen-bond donors (Lipinski definition) is 2. The normalized spacial score (nSPS) is 21.2. The molecule has 2 rings (SSSR count). The molecule has 27 heavy (non-hydrogen) atoms. The number of carbonyl (C=O) groups is 2. The first-order valence-corrected chi connectivity index (χ1v) is 7.88. The number of ether oxygens (including phenoxy) is 1. The molecular formula is C16H17F5N2O4. The Morgan fingerprint density at radius 1 is 1.30 bits per heavy atom. The highest BCUT2D eigenvalue weighted by Crippen LogP contribution is 2.37. The van der Waals surface area contributed by atoms with E-state index >= 15 is 0 Å². The summed E-state index contributed by atoms with van der Waals surface area (Å²) in [6.07, 6.45) is -4.75. The molecule has 2 amide bonds. The van der Waals surface area contributed by atoms with Gasteiger partial charge in [-0.15, -0.1) is 0 Å². The number of carbonyl (C=O) groups excluding carboxylic acids is 1. The zero-order valence-corrected chi connectivity index (χ0v) is 14.0. The third-order valence-electron chi connectivity index (χ3n) is 4.27. The summed E-state index contributed by atoms with van der Waals surface area (Å²) in [5.74, 6) is -5.65. The highest BCUT2D eigenvalue weighted by atomic mass is 19.4.